The molecule has 3 rings (SSSR count). The normalized spacial score (nSPS) is 17.8. The van der Waals surface area contributed by atoms with E-state index >= 15 is 0 Å². The zero-order chi connectivity index (χ0) is 14.9. The van der Waals surface area contributed by atoms with Crippen LogP contribution in [0.1, 0.15) is 42.6 Å². The number of carboxylic acids is 1. The maximum Gasteiger partial charge on any atom is 0.356 e. The third-order valence-corrected chi connectivity index (χ3v) is 4.10. The van der Waals surface area contributed by atoms with Crippen LogP contribution in [0.2, 0.25) is 0 Å². The second kappa shape index (κ2) is 5.37. The molecule has 0 saturated heterocycles. The number of imidazole rings is 1. The van der Waals surface area contributed by atoms with Crippen molar-refractivity contribution in [3.8, 4) is 0 Å². The summed E-state index contributed by atoms with van der Waals surface area (Å²) in [7, 11) is 0. The van der Waals surface area contributed by atoms with Crippen molar-refractivity contribution in [1.29, 1.82) is 0 Å². The van der Waals surface area contributed by atoms with E-state index < -0.39 is 11.6 Å². The molecular weight excluding hydrogens is 270 g/mol. The van der Waals surface area contributed by atoms with Crippen LogP contribution < -0.4 is 5.32 Å². The van der Waals surface area contributed by atoms with E-state index in [1.54, 1.807) is 18.3 Å². The predicted molar refractivity (Wildman–Crippen MR) is 78.7 cm³/mol. The lowest BCUT2D eigenvalue weighted by Crippen LogP contribution is -2.39. The number of nitrogens with one attached hydrogen (secondary N) is 1. The Labute approximate surface area is 122 Å². The lowest BCUT2D eigenvalue weighted by atomic mass is 9.85. The number of nitrogens with zero attached hydrogens (tertiary/aromatic N) is 2. The number of rotatable bonds is 4. The predicted octanol–water partition coefficient (Wildman–Crippen LogP) is 2.14. The van der Waals surface area contributed by atoms with Crippen LogP contribution in [0, 0.1) is 0 Å². The molecule has 0 aliphatic heterocycles. The van der Waals surface area contributed by atoms with Crippen molar-refractivity contribution < 1.29 is 15.0 Å². The summed E-state index contributed by atoms with van der Waals surface area (Å²) in [5.41, 5.74) is -0.0814. The zero-order valence-electron chi connectivity index (χ0n) is 11.7. The van der Waals surface area contributed by atoms with Crippen molar-refractivity contribution in [3.63, 3.8) is 0 Å². The number of carboxylic acid groups (broad SMARTS) is 1. The Morgan fingerprint density at radius 2 is 2.10 bits per heavy atom. The van der Waals surface area contributed by atoms with E-state index in [2.05, 4.69) is 10.3 Å². The molecule has 0 bridgehead atoms. The summed E-state index contributed by atoms with van der Waals surface area (Å²) in [4.78, 5) is 15.8. The Bertz CT molecular complexity index is 659. The minimum Gasteiger partial charge on any atom is -0.476 e. The van der Waals surface area contributed by atoms with Crippen molar-refractivity contribution in [3.05, 3.63) is 30.1 Å². The molecule has 3 N–H and O–H groups in total. The molecular formula is C15H19N3O3. The molecule has 1 fully saturated rings. The maximum absolute atomic E-state index is 11.5. The first kappa shape index (κ1) is 13.9. The number of carbonyl (C=O) groups is 1. The largest absolute Gasteiger partial charge is 0.476 e. The van der Waals surface area contributed by atoms with Crippen LogP contribution in [0.4, 0.5) is 5.82 Å². The summed E-state index contributed by atoms with van der Waals surface area (Å²) in [5, 5.41) is 22.9. The number of fused-ring (bicyclic) bond motifs is 1. The second-order valence-corrected chi connectivity index (χ2v) is 5.68. The van der Waals surface area contributed by atoms with Gasteiger partial charge in [-0.2, -0.15) is 0 Å². The van der Waals surface area contributed by atoms with E-state index in [4.69, 9.17) is 0 Å². The summed E-state index contributed by atoms with van der Waals surface area (Å²) < 4.78 is 1.54. The van der Waals surface area contributed by atoms with Gasteiger partial charge in [-0.15, -0.1) is 0 Å². The van der Waals surface area contributed by atoms with Crippen molar-refractivity contribution in [1.82, 2.24) is 9.38 Å². The Hall–Kier alpha value is -2.08. The fourth-order valence-electron chi connectivity index (χ4n) is 2.96. The molecule has 6 heteroatoms. The molecule has 1 aliphatic carbocycles. The molecule has 0 unspecified atom stereocenters. The maximum atomic E-state index is 11.5. The fourth-order valence-corrected chi connectivity index (χ4v) is 2.96. The van der Waals surface area contributed by atoms with E-state index in [-0.39, 0.29) is 5.69 Å². The molecule has 0 spiro atoms. The smallest absolute Gasteiger partial charge is 0.356 e. The van der Waals surface area contributed by atoms with Gasteiger partial charge in [0, 0.05) is 12.7 Å². The highest BCUT2D eigenvalue weighted by Gasteiger charge is 2.30. The third kappa shape index (κ3) is 2.71. The molecule has 0 atom stereocenters. The van der Waals surface area contributed by atoms with Gasteiger partial charge in [-0.25, -0.2) is 9.78 Å². The van der Waals surface area contributed by atoms with Crippen molar-refractivity contribution in [2.45, 2.75) is 37.7 Å². The lowest BCUT2D eigenvalue weighted by Gasteiger charge is -2.32. The Morgan fingerprint density at radius 3 is 2.81 bits per heavy atom. The Kier molecular flexibility index (Phi) is 3.55. The average molecular weight is 289 g/mol. The quantitative estimate of drug-likeness (QED) is 0.802. The molecule has 1 saturated carbocycles. The van der Waals surface area contributed by atoms with Gasteiger partial charge in [0.2, 0.25) is 0 Å². The SMILES string of the molecule is O=C(O)c1c(NCC2(O)CCCCC2)nc2ccccn12. The highest BCUT2D eigenvalue weighted by molar-refractivity contribution is 5.92. The van der Waals surface area contributed by atoms with E-state index in [9.17, 15) is 15.0 Å². The van der Waals surface area contributed by atoms with Gasteiger partial charge in [0.1, 0.15) is 5.65 Å². The standard InChI is InChI=1S/C15H19N3O3/c19-14(20)12-13(17-11-6-2-5-9-18(11)12)16-10-15(21)7-3-1-4-8-15/h2,5-6,9,16,21H,1,3-4,7-8,10H2,(H,19,20). The number of hydrogen-bond acceptors (Lipinski definition) is 4. The summed E-state index contributed by atoms with van der Waals surface area (Å²) in [6.45, 7) is 0.331. The number of aromatic carboxylic acids is 1. The minimum atomic E-state index is -1.04. The number of aromatic nitrogens is 2. The molecule has 2 aromatic heterocycles. The van der Waals surface area contributed by atoms with Crippen LogP contribution in [0.15, 0.2) is 24.4 Å². The first-order valence-electron chi connectivity index (χ1n) is 7.26. The molecule has 2 aromatic rings. The van der Waals surface area contributed by atoms with Gasteiger partial charge in [-0.3, -0.25) is 4.40 Å². The van der Waals surface area contributed by atoms with Crippen molar-refractivity contribution in [2.24, 2.45) is 0 Å². The van der Waals surface area contributed by atoms with Gasteiger partial charge in [0.25, 0.3) is 0 Å². The van der Waals surface area contributed by atoms with Crippen molar-refractivity contribution >= 4 is 17.4 Å². The molecule has 21 heavy (non-hydrogen) atoms. The molecule has 0 amide bonds. The number of pyridine rings is 1. The van der Waals surface area contributed by atoms with Gasteiger partial charge >= 0.3 is 5.97 Å². The average Bonchev–Trinajstić information content (AvgIpc) is 2.84. The Balaban J connectivity index is 1.86. The molecule has 0 radical (unpaired) electrons. The molecule has 112 valence electrons. The van der Waals surface area contributed by atoms with Gasteiger partial charge in [0.05, 0.1) is 5.60 Å². The number of anilines is 1. The first-order valence-corrected chi connectivity index (χ1v) is 7.26. The second-order valence-electron chi connectivity index (χ2n) is 5.68. The van der Waals surface area contributed by atoms with E-state index in [0.29, 0.717) is 18.0 Å². The topological polar surface area (TPSA) is 86.9 Å². The van der Waals surface area contributed by atoms with Crippen LogP contribution in [0.3, 0.4) is 0 Å². The fraction of sp³-hybridized carbons (Fsp3) is 0.467. The van der Waals surface area contributed by atoms with Gasteiger partial charge in [0.15, 0.2) is 11.5 Å². The number of hydrogen-bond donors (Lipinski definition) is 3. The summed E-state index contributed by atoms with van der Waals surface area (Å²) in [6.07, 6.45) is 6.33. The lowest BCUT2D eigenvalue weighted by molar-refractivity contribution is 0.0166. The van der Waals surface area contributed by atoms with Gasteiger partial charge < -0.3 is 15.5 Å². The van der Waals surface area contributed by atoms with E-state index in [1.165, 1.54) is 4.40 Å². The summed E-state index contributed by atoms with van der Waals surface area (Å²) in [6, 6.07) is 5.33. The first-order chi connectivity index (χ1) is 10.1. The van der Waals surface area contributed by atoms with Crippen LogP contribution in [-0.2, 0) is 0 Å². The highest BCUT2D eigenvalue weighted by Crippen LogP contribution is 2.28. The Morgan fingerprint density at radius 1 is 1.33 bits per heavy atom. The molecule has 6 nitrogen and oxygen atoms in total. The summed E-state index contributed by atoms with van der Waals surface area (Å²) in [5.74, 6) is -0.723. The molecule has 0 aromatic carbocycles. The van der Waals surface area contributed by atoms with Crippen LogP contribution in [0.25, 0.3) is 5.65 Å². The minimum absolute atomic E-state index is 0.102. The van der Waals surface area contributed by atoms with Crippen LogP contribution in [0.5, 0.6) is 0 Å². The molecule has 2 heterocycles. The number of aliphatic hydroxyl groups is 1. The molecule has 1 aliphatic rings. The van der Waals surface area contributed by atoms with Gasteiger partial charge in [-0.05, 0) is 25.0 Å². The van der Waals surface area contributed by atoms with Crippen LogP contribution in [-0.4, -0.2) is 37.7 Å². The zero-order valence-corrected chi connectivity index (χ0v) is 11.7. The third-order valence-electron chi connectivity index (χ3n) is 4.10. The van der Waals surface area contributed by atoms with Gasteiger partial charge in [-0.1, -0.05) is 25.3 Å². The van der Waals surface area contributed by atoms with E-state index in [0.717, 1.165) is 32.1 Å². The van der Waals surface area contributed by atoms with Crippen molar-refractivity contribution in [2.75, 3.05) is 11.9 Å². The highest BCUT2D eigenvalue weighted by atomic mass is 16.4. The summed E-state index contributed by atoms with van der Waals surface area (Å²) >= 11 is 0. The van der Waals surface area contributed by atoms with E-state index in [1.807, 2.05) is 6.07 Å². The van der Waals surface area contributed by atoms with Crippen LogP contribution >= 0.6 is 0 Å². The monoisotopic (exact) mass is 289 g/mol.